The van der Waals surface area contributed by atoms with E-state index in [0.717, 1.165) is 22.8 Å². The lowest BCUT2D eigenvalue weighted by atomic mass is 10.2. The number of aromatic nitrogens is 3. The highest BCUT2D eigenvalue weighted by atomic mass is 32.1. The Morgan fingerprint density at radius 2 is 2.21 bits per heavy atom. The SMILES string of the molecule is Cc1nn(C)c(N(C)Cc2ccccn2)c1C(N)=S. The van der Waals surface area contributed by atoms with Crippen LogP contribution in [0.5, 0.6) is 0 Å². The monoisotopic (exact) mass is 275 g/mol. The number of thiocarbonyl (C=S) groups is 1. The van der Waals surface area contributed by atoms with E-state index >= 15 is 0 Å². The summed E-state index contributed by atoms with van der Waals surface area (Å²) >= 11 is 5.12. The van der Waals surface area contributed by atoms with E-state index in [1.165, 1.54) is 0 Å². The van der Waals surface area contributed by atoms with E-state index in [9.17, 15) is 0 Å². The molecule has 0 bridgehead atoms. The molecule has 0 atom stereocenters. The summed E-state index contributed by atoms with van der Waals surface area (Å²) < 4.78 is 1.80. The lowest BCUT2D eigenvalue weighted by molar-refractivity contribution is 0.723. The molecule has 100 valence electrons. The minimum absolute atomic E-state index is 0.369. The number of rotatable bonds is 4. The lowest BCUT2D eigenvalue weighted by Gasteiger charge is -2.20. The number of hydrogen-bond acceptors (Lipinski definition) is 4. The summed E-state index contributed by atoms with van der Waals surface area (Å²) in [6.07, 6.45) is 1.78. The molecular formula is C13H17N5S. The Labute approximate surface area is 118 Å². The summed E-state index contributed by atoms with van der Waals surface area (Å²) in [6, 6.07) is 5.86. The number of nitrogens with two attached hydrogens (primary N) is 1. The van der Waals surface area contributed by atoms with Crippen molar-refractivity contribution in [1.29, 1.82) is 0 Å². The Morgan fingerprint density at radius 1 is 1.47 bits per heavy atom. The third kappa shape index (κ3) is 2.73. The zero-order chi connectivity index (χ0) is 14.0. The Kier molecular flexibility index (Phi) is 3.80. The Hall–Kier alpha value is -1.95. The summed E-state index contributed by atoms with van der Waals surface area (Å²) in [4.78, 5) is 6.74. The van der Waals surface area contributed by atoms with Crippen molar-refractivity contribution in [2.75, 3.05) is 11.9 Å². The average Bonchev–Trinajstić information content (AvgIpc) is 2.65. The van der Waals surface area contributed by atoms with E-state index in [1.807, 2.05) is 39.2 Å². The highest BCUT2D eigenvalue weighted by Gasteiger charge is 2.19. The van der Waals surface area contributed by atoms with Crippen molar-refractivity contribution in [1.82, 2.24) is 14.8 Å². The van der Waals surface area contributed by atoms with Gasteiger partial charge in [-0.2, -0.15) is 5.10 Å². The largest absolute Gasteiger partial charge is 0.389 e. The van der Waals surface area contributed by atoms with Gasteiger partial charge in [0.25, 0.3) is 0 Å². The zero-order valence-corrected chi connectivity index (χ0v) is 12.1. The molecule has 2 aromatic heterocycles. The zero-order valence-electron chi connectivity index (χ0n) is 11.3. The first-order valence-electron chi connectivity index (χ1n) is 5.95. The van der Waals surface area contributed by atoms with E-state index in [-0.39, 0.29) is 0 Å². The normalized spacial score (nSPS) is 10.5. The van der Waals surface area contributed by atoms with Gasteiger partial charge in [0.1, 0.15) is 10.8 Å². The molecule has 0 aliphatic carbocycles. The van der Waals surface area contributed by atoms with Gasteiger partial charge in [0, 0.05) is 20.3 Å². The highest BCUT2D eigenvalue weighted by Crippen LogP contribution is 2.23. The minimum Gasteiger partial charge on any atom is -0.389 e. The molecular weight excluding hydrogens is 258 g/mol. The summed E-state index contributed by atoms with van der Waals surface area (Å²) in [5.74, 6) is 0.913. The molecule has 0 radical (unpaired) electrons. The second kappa shape index (κ2) is 5.36. The predicted octanol–water partition coefficient (Wildman–Crippen LogP) is 1.39. The van der Waals surface area contributed by atoms with Crippen molar-refractivity contribution in [2.24, 2.45) is 12.8 Å². The fourth-order valence-electron chi connectivity index (χ4n) is 2.18. The Bertz CT molecular complexity index is 591. The smallest absolute Gasteiger partial charge is 0.137 e. The van der Waals surface area contributed by atoms with Crippen LogP contribution in [0, 0.1) is 6.92 Å². The van der Waals surface area contributed by atoms with Gasteiger partial charge in [-0.3, -0.25) is 9.67 Å². The van der Waals surface area contributed by atoms with Gasteiger partial charge in [0.05, 0.1) is 23.5 Å². The maximum Gasteiger partial charge on any atom is 0.137 e. The van der Waals surface area contributed by atoms with E-state index < -0.39 is 0 Å². The van der Waals surface area contributed by atoms with Crippen LogP contribution in [0.15, 0.2) is 24.4 Å². The van der Waals surface area contributed by atoms with Gasteiger partial charge in [-0.1, -0.05) is 18.3 Å². The number of pyridine rings is 1. The van der Waals surface area contributed by atoms with E-state index in [1.54, 1.807) is 10.9 Å². The third-order valence-corrected chi connectivity index (χ3v) is 3.13. The molecule has 0 saturated carbocycles. The van der Waals surface area contributed by atoms with Crippen LogP contribution in [0.1, 0.15) is 17.0 Å². The van der Waals surface area contributed by atoms with Crippen molar-refractivity contribution < 1.29 is 0 Å². The van der Waals surface area contributed by atoms with Crippen molar-refractivity contribution in [3.05, 3.63) is 41.3 Å². The molecule has 2 N–H and O–H groups in total. The molecule has 0 aliphatic rings. The summed E-state index contributed by atoms with van der Waals surface area (Å²) in [6.45, 7) is 2.59. The minimum atomic E-state index is 0.369. The van der Waals surface area contributed by atoms with Gasteiger partial charge in [-0.15, -0.1) is 0 Å². The van der Waals surface area contributed by atoms with E-state index in [4.69, 9.17) is 18.0 Å². The topological polar surface area (TPSA) is 60.0 Å². The number of nitrogens with zero attached hydrogens (tertiary/aromatic N) is 4. The number of aryl methyl sites for hydroxylation is 2. The molecule has 0 fully saturated rings. The predicted molar refractivity (Wildman–Crippen MR) is 80.2 cm³/mol. The number of anilines is 1. The first-order chi connectivity index (χ1) is 9.00. The average molecular weight is 275 g/mol. The maximum atomic E-state index is 5.80. The van der Waals surface area contributed by atoms with Gasteiger partial charge < -0.3 is 10.6 Å². The Morgan fingerprint density at radius 3 is 2.79 bits per heavy atom. The van der Waals surface area contributed by atoms with Crippen LogP contribution in [0.4, 0.5) is 5.82 Å². The first-order valence-corrected chi connectivity index (χ1v) is 6.36. The lowest BCUT2D eigenvalue weighted by Crippen LogP contribution is -2.23. The molecule has 0 unspecified atom stereocenters. The van der Waals surface area contributed by atoms with E-state index in [2.05, 4.69) is 15.0 Å². The van der Waals surface area contributed by atoms with Crippen LogP contribution in [0.3, 0.4) is 0 Å². The molecule has 0 aliphatic heterocycles. The van der Waals surface area contributed by atoms with Gasteiger partial charge in [0.2, 0.25) is 0 Å². The third-order valence-electron chi connectivity index (χ3n) is 2.93. The van der Waals surface area contributed by atoms with Crippen LogP contribution in [0.25, 0.3) is 0 Å². The molecule has 0 spiro atoms. The highest BCUT2D eigenvalue weighted by molar-refractivity contribution is 7.80. The second-order valence-corrected chi connectivity index (χ2v) is 4.89. The molecule has 2 rings (SSSR count). The Balaban J connectivity index is 2.34. The molecule has 0 amide bonds. The standard InChI is InChI=1S/C13H17N5S/c1-9-11(12(14)19)13(18(3)16-9)17(2)8-10-6-4-5-7-15-10/h4-7H,8H2,1-3H3,(H2,14,19). The summed E-state index contributed by atoms with van der Waals surface area (Å²) in [5.41, 5.74) is 8.45. The summed E-state index contributed by atoms with van der Waals surface area (Å²) in [7, 11) is 3.87. The van der Waals surface area contributed by atoms with Crippen LogP contribution < -0.4 is 10.6 Å². The van der Waals surface area contributed by atoms with Gasteiger partial charge in [0.15, 0.2) is 0 Å². The maximum absolute atomic E-state index is 5.80. The molecule has 2 heterocycles. The van der Waals surface area contributed by atoms with Gasteiger partial charge >= 0.3 is 0 Å². The van der Waals surface area contributed by atoms with Crippen molar-refractivity contribution in [3.63, 3.8) is 0 Å². The molecule has 2 aromatic rings. The molecule has 6 heteroatoms. The first kappa shape index (κ1) is 13.5. The number of hydrogen-bond donors (Lipinski definition) is 1. The van der Waals surface area contributed by atoms with Crippen molar-refractivity contribution in [3.8, 4) is 0 Å². The van der Waals surface area contributed by atoms with Crippen molar-refractivity contribution in [2.45, 2.75) is 13.5 Å². The molecule has 19 heavy (non-hydrogen) atoms. The van der Waals surface area contributed by atoms with Gasteiger partial charge in [-0.25, -0.2) is 0 Å². The van der Waals surface area contributed by atoms with Crippen molar-refractivity contribution >= 4 is 23.0 Å². The van der Waals surface area contributed by atoms with Crippen LogP contribution >= 0.6 is 12.2 Å². The molecule has 0 saturated heterocycles. The van der Waals surface area contributed by atoms with Crippen LogP contribution in [-0.4, -0.2) is 26.8 Å². The fraction of sp³-hybridized carbons (Fsp3) is 0.308. The molecule has 0 aromatic carbocycles. The summed E-state index contributed by atoms with van der Waals surface area (Å²) in [5, 5.41) is 4.38. The van der Waals surface area contributed by atoms with E-state index in [0.29, 0.717) is 11.5 Å². The molecule has 5 nitrogen and oxygen atoms in total. The second-order valence-electron chi connectivity index (χ2n) is 4.45. The quantitative estimate of drug-likeness (QED) is 0.855. The van der Waals surface area contributed by atoms with Crippen LogP contribution in [0.2, 0.25) is 0 Å². The van der Waals surface area contributed by atoms with Crippen LogP contribution in [-0.2, 0) is 13.6 Å². The fourth-order valence-corrected chi connectivity index (χ4v) is 2.42. The van der Waals surface area contributed by atoms with Gasteiger partial charge in [-0.05, 0) is 19.1 Å².